The summed E-state index contributed by atoms with van der Waals surface area (Å²) in [6, 6.07) is 19.4. The van der Waals surface area contributed by atoms with E-state index in [0.29, 0.717) is 5.92 Å². The first kappa shape index (κ1) is 14.7. The van der Waals surface area contributed by atoms with Crippen LogP contribution in [0.3, 0.4) is 0 Å². The molecule has 24 heavy (non-hydrogen) atoms. The molecule has 0 saturated heterocycles. The van der Waals surface area contributed by atoms with E-state index in [1.54, 1.807) is 0 Å². The molecule has 0 radical (unpaired) electrons. The van der Waals surface area contributed by atoms with E-state index in [2.05, 4.69) is 92.1 Å². The van der Waals surface area contributed by atoms with Gasteiger partial charge in [-0.05, 0) is 38.7 Å². The summed E-state index contributed by atoms with van der Waals surface area (Å²) in [4.78, 5) is 0. The first-order valence-electron chi connectivity index (χ1n) is 8.37. The van der Waals surface area contributed by atoms with Crippen molar-refractivity contribution in [2.45, 2.75) is 0 Å². The van der Waals surface area contributed by atoms with Gasteiger partial charge in [-0.15, -0.1) is 6.58 Å². The SMILES string of the molecule is C=CC1C=CC=CC1C(=C)c1c2ccccc2cc2ccccc12. The smallest absolute Gasteiger partial charge is 0.0119 e. The van der Waals surface area contributed by atoms with Crippen molar-refractivity contribution < 1.29 is 0 Å². The molecule has 0 aromatic heterocycles. The molecule has 0 fully saturated rings. The Morgan fingerprint density at radius 2 is 1.42 bits per heavy atom. The van der Waals surface area contributed by atoms with Crippen molar-refractivity contribution in [3.05, 3.63) is 104 Å². The Balaban J connectivity index is 2.00. The van der Waals surface area contributed by atoms with Gasteiger partial charge in [0.25, 0.3) is 0 Å². The van der Waals surface area contributed by atoms with Crippen molar-refractivity contribution in [1.29, 1.82) is 0 Å². The van der Waals surface area contributed by atoms with Gasteiger partial charge in [0.05, 0.1) is 0 Å². The summed E-state index contributed by atoms with van der Waals surface area (Å²) in [6.45, 7) is 8.52. The number of allylic oxidation sites excluding steroid dienone is 6. The summed E-state index contributed by atoms with van der Waals surface area (Å²) in [5.41, 5.74) is 2.43. The van der Waals surface area contributed by atoms with Crippen LogP contribution in [0.4, 0.5) is 0 Å². The van der Waals surface area contributed by atoms with Crippen LogP contribution >= 0.6 is 0 Å². The van der Waals surface area contributed by atoms with E-state index in [9.17, 15) is 0 Å². The third-order valence-electron chi connectivity index (χ3n) is 4.94. The predicted octanol–water partition coefficient (Wildman–Crippen LogP) is 6.55. The highest BCUT2D eigenvalue weighted by Crippen LogP contribution is 2.39. The molecule has 2 atom stereocenters. The Kier molecular flexibility index (Phi) is 3.66. The summed E-state index contributed by atoms with van der Waals surface area (Å²) in [6.07, 6.45) is 10.7. The van der Waals surface area contributed by atoms with E-state index >= 15 is 0 Å². The van der Waals surface area contributed by atoms with Crippen molar-refractivity contribution >= 4 is 27.1 Å². The highest BCUT2D eigenvalue weighted by Gasteiger charge is 2.22. The average molecular weight is 308 g/mol. The predicted molar refractivity (Wildman–Crippen MR) is 106 cm³/mol. The van der Waals surface area contributed by atoms with Gasteiger partial charge in [0.2, 0.25) is 0 Å². The number of fused-ring (bicyclic) bond motifs is 2. The molecule has 4 rings (SSSR count). The molecule has 0 heterocycles. The zero-order valence-corrected chi connectivity index (χ0v) is 13.7. The topological polar surface area (TPSA) is 0 Å². The van der Waals surface area contributed by atoms with Crippen LogP contribution < -0.4 is 0 Å². The highest BCUT2D eigenvalue weighted by molar-refractivity contribution is 6.09. The van der Waals surface area contributed by atoms with Gasteiger partial charge in [-0.1, -0.05) is 85.5 Å². The fraction of sp³-hybridized carbons (Fsp3) is 0.0833. The first-order valence-corrected chi connectivity index (χ1v) is 8.37. The molecule has 116 valence electrons. The van der Waals surface area contributed by atoms with E-state index < -0.39 is 0 Å². The molecular formula is C24H20. The monoisotopic (exact) mass is 308 g/mol. The molecular weight excluding hydrogens is 288 g/mol. The molecule has 0 aliphatic heterocycles. The highest BCUT2D eigenvalue weighted by atomic mass is 14.3. The van der Waals surface area contributed by atoms with Gasteiger partial charge < -0.3 is 0 Å². The molecule has 1 aliphatic rings. The summed E-state index contributed by atoms with van der Waals surface area (Å²) in [7, 11) is 0. The standard InChI is InChI=1S/C24H20/c1-3-18-10-4-7-13-21(18)17(2)24-22-14-8-5-11-19(22)16-20-12-6-9-15-23(20)24/h3-16,18,21H,1-2H2. The van der Waals surface area contributed by atoms with Gasteiger partial charge in [-0.25, -0.2) is 0 Å². The lowest BCUT2D eigenvalue weighted by atomic mass is 9.78. The van der Waals surface area contributed by atoms with Crippen LogP contribution in [-0.2, 0) is 0 Å². The van der Waals surface area contributed by atoms with Gasteiger partial charge in [0.15, 0.2) is 0 Å². The molecule has 3 aromatic carbocycles. The van der Waals surface area contributed by atoms with E-state index in [0.717, 1.165) is 5.57 Å². The summed E-state index contributed by atoms with van der Waals surface area (Å²) >= 11 is 0. The lowest BCUT2D eigenvalue weighted by Crippen LogP contribution is -2.12. The van der Waals surface area contributed by atoms with E-state index in [1.165, 1.54) is 27.1 Å². The molecule has 0 saturated carbocycles. The fourth-order valence-electron chi connectivity index (χ4n) is 3.72. The third-order valence-corrected chi connectivity index (χ3v) is 4.94. The maximum atomic E-state index is 4.51. The Labute approximate surface area is 143 Å². The summed E-state index contributed by atoms with van der Waals surface area (Å²) in [5, 5.41) is 5.06. The summed E-state index contributed by atoms with van der Waals surface area (Å²) in [5.74, 6) is 0.543. The van der Waals surface area contributed by atoms with E-state index in [1.807, 2.05) is 6.08 Å². The van der Waals surface area contributed by atoms with Crippen LogP contribution in [-0.4, -0.2) is 0 Å². The van der Waals surface area contributed by atoms with Crippen LogP contribution in [0, 0.1) is 11.8 Å². The average Bonchev–Trinajstić information content (AvgIpc) is 2.65. The minimum Gasteiger partial charge on any atom is -0.102 e. The normalized spacial score (nSPS) is 19.7. The molecule has 0 spiro atoms. The number of benzene rings is 3. The lowest BCUT2D eigenvalue weighted by Gasteiger charge is -2.25. The Morgan fingerprint density at radius 1 is 0.833 bits per heavy atom. The Hall–Kier alpha value is -2.86. The van der Waals surface area contributed by atoms with Crippen molar-refractivity contribution in [2.75, 3.05) is 0 Å². The van der Waals surface area contributed by atoms with Gasteiger partial charge in [0.1, 0.15) is 0 Å². The zero-order valence-electron chi connectivity index (χ0n) is 13.7. The van der Waals surface area contributed by atoms with Crippen molar-refractivity contribution in [3.8, 4) is 0 Å². The first-order chi connectivity index (χ1) is 11.8. The molecule has 0 nitrogen and oxygen atoms in total. The van der Waals surface area contributed by atoms with Crippen molar-refractivity contribution in [3.63, 3.8) is 0 Å². The lowest BCUT2D eigenvalue weighted by molar-refractivity contribution is 0.688. The molecule has 0 bridgehead atoms. The minimum atomic E-state index is 0.252. The van der Waals surface area contributed by atoms with Crippen LogP contribution in [0.5, 0.6) is 0 Å². The van der Waals surface area contributed by atoms with E-state index in [-0.39, 0.29) is 5.92 Å². The molecule has 0 N–H and O–H groups in total. The van der Waals surface area contributed by atoms with Gasteiger partial charge in [-0.2, -0.15) is 0 Å². The second-order valence-corrected chi connectivity index (χ2v) is 6.33. The van der Waals surface area contributed by atoms with E-state index in [4.69, 9.17) is 0 Å². The molecule has 2 unspecified atom stereocenters. The van der Waals surface area contributed by atoms with Crippen molar-refractivity contribution in [1.82, 2.24) is 0 Å². The maximum Gasteiger partial charge on any atom is 0.0119 e. The maximum absolute atomic E-state index is 4.51. The van der Waals surface area contributed by atoms with Crippen LogP contribution in [0.15, 0.2) is 98.1 Å². The van der Waals surface area contributed by atoms with Crippen LogP contribution in [0.25, 0.3) is 27.1 Å². The third kappa shape index (κ3) is 2.32. The molecule has 3 aromatic rings. The summed E-state index contributed by atoms with van der Waals surface area (Å²) < 4.78 is 0. The second kappa shape index (κ2) is 5.98. The van der Waals surface area contributed by atoms with Crippen LogP contribution in [0.1, 0.15) is 5.56 Å². The molecule has 0 heteroatoms. The van der Waals surface area contributed by atoms with Crippen LogP contribution in [0.2, 0.25) is 0 Å². The Morgan fingerprint density at radius 3 is 2.04 bits per heavy atom. The van der Waals surface area contributed by atoms with Gasteiger partial charge in [0, 0.05) is 11.8 Å². The number of hydrogen-bond donors (Lipinski definition) is 0. The number of hydrogen-bond acceptors (Lipinski definition) is 0. The largest absolute Gasteiger partial charge is 0.102 e. The van der Waals surface area contributed by atoms with Crippen molar-refractivity contribution in [2.24, 2.45) is 11.8 Å². The minimum absolute atomic E-state index is 0.252. The molecule has 0 amide bonds. The molecule has 1 aliphatic carbocycles. The second-order valence-electron chi connectivity index (χ2n) is 6.33. The van der Waals surface area contributed by atoms with Gasteiger partial charge >= 0.3 is 0 Å². The van der Waals surface area contributed by atoms with Gasteiger partial charge in [-0.3, -0.25) is 0 Å². The Bertz CT molecular complexity index is 947. The number of rotatable bonds is 3. The quantitative estimate of drug-likeness (QED) is 0.380. The zero-order chi connectivity index (χ0) is 16.5. The fourth-order valence-corrected chi connectivity index (χ4v) is 3.72.